The fourth-order valence-corrected chi connectivity index (χ4v) is 1.53. The first-order valence-electron chi connectivity index (χ1n) is 4.72. The molecular formula is C11H16O2. The van der Waals surface area contributed by atoms with Crippen molar-refractivity contribution in [2.75, 3.05) is 13.7 Å². The molecule has 0 aromatic heterocycles. The minimum Gasteiger partial charge on any atom is -0.381 e. The normalized spacial score (nSPS) is 18.2. The molecule has 0 atom stereocenters. The second-order valence-electron chi connectivity index (χ2n) is 3.21. The quantitative estimate of drug-likeness (QED) is 0.490. The monoisotopic (exact) mass is 180 g/mol. The SMILES string of the molecule is COC/C=C(/C=O)C1=CCCCC1. The Morgan fingerprint density at radius 2 is 2.46 bits per heavy atom. The number of allylic oxidation sites excluding steroid dienone is 3. The van der Waals surface area contributed by atoms with Crippen molar-refractivity contribution in [1.82, 2.24) is 0 Å². The van der Waals surface area contributed by atoms with Crippen molar-refractivity contribution in [3.05, 3.63) is 23.3 Å². The molecular weight excluding hydrogens is 164 g/mol. The first-order valence-corrected chi connectivity index (χ1v) is 4.72. The molecule has 1 rings (SSSR count). The number of carbonyl (C=O) groups excluding carboxylic acids is 1. The molecule has 0 spiro atoms. The predicted octanol–water partition coefficient (Wildman–Crippen LogP) is 2.26. The molecule has 72 valence electrons. The minimum absolute atomic E-state index is 0.519. The maximum atomic E-state index is 10.7. The Balaban J connectivity index is 2.64. The number of rotatable bonds is 4. The fraction of sp³-hybridized carbons (Fsp3) is 0.545. The van der Waals surface area contributed by atoms with E-state index in [2.05, 4.69) is 6.08 Å². The Labute approximate surface area is 79.3 Å². The number of methoxy groups -OCH3 is 1. The van der Waals surface area contributed by atoms with Crippen LogP contribution in [0.15, 0.2) is 23.3 Å². The fourth-order valence-electron chi connectivity index (χ4n) is 1.53. The van der Waals surface area contributed by atoms with Gasteiger partial charge in [-0.2, -0.15) is 0 Å². The largest absolute Gasteiger partial charge is 0.381 e. The third-order valence-corrected chi connectivity index (χ3v) is 2.26. The summed E-state index contributed by atoms with van der Waals surface area (Å²) in [5.41, 5.74) is 2.00. The van der Waals surface area contributed by atoms with E-state index in [4.69, 9.17) is 4.74 Å². The van der Waals surface area contributed by atoms with Gasteiger partial charge in [-0.1, -0.05) is 6.08 Å². The molecule has 0 fully saturated rings. The lowest BCUT2D eigenvalue weighted by Gasteiger charge is -2.11. The molecule has 0 aromatic carbocycles. The lowest BCUT2D eigenvalue weighted by Crippen LogP contribution is -1.98. The Hall–Kier alpha value is -0.890. The molecule has 0 N–H and O–H groups in total. The smallest absolute Gasteiger partial charge is 0.150 e. The van der Waals surface area contributed by atoms with Gasteiger partial charge < -0.3 is 4.74 Å². The Morgan fingerprint density at radius 3 is 3.00 bits per heavy atom. The molecule has 0 radical (unpaired) electrons. The number of aldehydes is 1. The van der Waals surface area contributed by atoms with Crippen LogP contribution in [0.4, 0.5) is 0 Å². The van der Waals surface area contributed by atoms with Crippen LogP contribution in [0, 0.1) is 0 Å². The maximum Gasteiger partial charge on any atom is 0.150 e. The van der Waals surface area contributed by atoms with Crippen LogP contribution < -0.4 is 0 Å². The van der Waals surface area contributed by atoms with Gasteiger partial charge in [-0.15, -0.1) is 0 Å². The summed E-state index contributed by atoms with van der Waals surface area (Å²) in [7, 11) is 1.63. The van der Waals surface area contributed by atoms with Crippen molar-refractivity contribution in [2.24, 2.45) is 0 Å². The molecule has 1 aliphatic rings. The van der Waals surface area contributed by atoms with Crippen LogP contribution in [0.2, 0.25) is 0 Å². The van der Waals surface area contributed by atoms with Gasteiger partial charge in [0.15, 0.2) is 0 Å². The van der Waals surface area contributed by atoms with Crippen molar-refractivity contribution in [1.29, 1.82) is 0 Å². The van der Waals surface area contributed by atoms with E-state index >= 15 is 0 Å². The first kappa shape index (κ1) is 10.2. The topological polar surface area (TPSA) is 26.3 Å². The van der Waals surface area contributed by atoms with Crippen LogP contribution >= 0.6 is 0 Å². The molecule has 0 bridgehead atoms. The van der Waals surface area contributed by atoms with E-state index in [9.17, 15) is 4.79 Å². The summed E-state index contributed by atoms with van der Waals surface area (Å²) < 4.78 is 4.90. The molecule has 0 heterocycles. The van der Waals surface area contributed by atoms with E-state index in [0.29, 0.717) is 6.61 Å². The van der Waals surface area contributed by atoms with Crippen LogP contribution in [0.5, 0.6) is 0 Å². The number of hydrogen-bond donors (Lipinski definition) is 0. The molecule has 13 heavy (non-hydrogen) atoms. The van der Waals surface area contributed by atoms with E-state index < -0.39 is 0 Å². The predicted molar refractivity (Wildman–Crippen MR) is 52.6 cm³/mol. The second-order valence-corrected chi connectivity index (χ2v) is 3.21. The minimum atomic E-state index is 0.519. The first-order chi connectivity index (χ1) is 6.38. The number of carbonyl (C=O) groups is 1. The molecule has 0 saturated heterocycles. The molecule has 0 amide bonds. The maximum absolute atomic E-state index is 10.7. The second kappa shape index (κ2) is 5.70. The van der Waals surface area contributed by atoms with E-state index in [-0.39, 0.29) is 0 Å². The summed E-state index contributed by atoms with van der Waals surface area (Å²) in [6.07, 6.45) is 9.53. The standard InChI is InChI=1S/C11H16O2/c1-13-8-7-11(9-12)10-5-3-2-4-6-10/h5,7,9H,2-4,6,8H2,1H3/b11-7-. The van der Waals surface area contributed by atoms with Crippen molar-refractivity contribution in [2.45, 2.75) is 25.7 Å². The molecule has 0 aliphatic heterocycles. The van der Waals surface area contributed by atoms with Gasteiger partial charge in [0.1, 0.15) is 6.29 Å². The van der Waals surface area contributed by atoms with Gasteiger partial charge in [0.05, 0.1) is 6.61 Å². The summed E-state index contributed by atoms with van der Waals surface area (Å²) >= 11 is 0. The van der Waals surface area contributed by atoms with E-state index in [0.717, 1.165) is 24.7 Å². The van der Waals surface area contributed by atoms with E-state index in [1.165, 1.54) is 18.4 Å². The third kappa shape index (κ3) is 3.15. The lowest BCUT2D eigenvalue weighted by atomic mass is 9.94. The summed E-state index contributed by atoms with van der Waals surface area (Å²) in [6, 6.07) is 0. The van der Waals surface area contributed by atoms with Gasteiger partial charge in [-0.05, 0) is 37.3 Å². The highest BCUT2D eigenvalue weighted by molar-refractivity contribution is 5.80. The molecule has 0 unspecified atom stereocenters. The van der Waals surface area contributed by atoms with Crippen molar-refractivity contribution < 1.29 is 9.53 Å². The summed E-state index contributed by atoms with van der Waals surface area (Å²) in [5.74, 6) is 0. The van der Waals surface area contributed by atoms with Crippen molar-refractivity contribution in [3.63, 3.8) is 0 Å². The van der Waals surface area contributed by atoms with E-state index in [1.54, 1.807) is 7.11 Å². The highest BCUT2D eigenvalue weighted by Crippen LogP contribution is 2.22. The zero-order valence-electron chi connectivity index (χ0n) is 8.08. The molecule has 2 nitrogen and oxygen atoms in total. The number of hydrogen-bond acceptors (Lipinski definition) is 2. The summed E-state index contributed by atoms with van der Waals surface area (Å²) in [6.45, 7) is 0.519. The van der Waals surface area contributed by atoms with Crippen LogP contribution in [0.1, 0.15) is 25.7 Å². The van der Waals surface area contributed by atoms with Gasteiger partial charge >= 0.3 is 0 Å². The van der Waals surface area contributed by atoms with Gasteiger partial charge in [-0.25, -0.2) is 0 Å². The zero-order chi connectivity index (χ0) is 9.52. The van der Waals surface area contributed by atoms with Crippen LogP contribution in [0.25, 0.3) is 0 Å². The Morgan fingerprint density at radius 1 is 1.62 bits per heavy atom. The van der Waals surface area contributed by atoms with Crippen molar-refractivity contribution in [3.8, 4) is 0 Å². The van der Waals surface area contributed by atoms with Crippen LogP contribution in [-0.4, -0.2) is 20.0 Å². The van der Waals surface area contributed by atoms with Gasteiger partial charge in [-0.3, -0.25) is 4.79 Å². The molecule has 2 heteroatoms. The van der Waals surface area contributed by atoms with Crippen LogP contribution in [0.3, 0.4) is 0 Å². The average molecular weight is 180 g/mol. The zero-order valence-corrected chi connectivity index (χ0v) is 8.08. The van der Waals surface area contributed by atoms with Gasteiger partial charge in [0, 0.05) is 12.7 Å². The van der Waals surface area contributed by atoms with Gasteiger partial charge in [0.25, 0.3) is 0 Å². The highest BCUT2D eigenvalue weighted by Gasteiger charge is 2.07. The lowest BCUT2D eigenvalue weighted by molar-refractivity contribution is -0.104. The van der Waals surface area contributed by atoms with E-state index in [1.807, 2.05) is 6.08 Å². The van der Waals surface area contributed by atoms with Gasteiger partial charge in [0.2, 0.25) is 0 Å². The molecule has 0 aromatic rings. The average Bonchev–Trinajstić information content (AvgIpc) is 2.21. The highest BCUT2D eigenvalue weighted by atomic mass is 16.5. The Kier molecular flexibility index (Phi) is 4.47. The molecule has 1 aliphatic carbocycles. The molecule has 0 saturated carbocycles. The van der Waals surface area contributed by atoms with Crippen molar-refractivity contribution >= 4 is 6.29 Å². The van der Waals surface area contributed by atoms with Crippen LogP contribution in [-0.2, 0) is 9.53 Å². The number of ether oxygens (including phenoxy) is 1. The summed E-state index contributed by atoms with van der Waals surface area (Å²) in [4.78, 5) is 10.7. The summed E-state index contributed by atoms with van der Waals surface area (Å²) in [5, 5.41) is 0. The Bertz CT molecular complexity index is 226. The third-order valence-electron chi connectivity index (χ3n) is 2.26.